The number of nitrogens with one attached hydrogen (secondary N) is 1. The Morgan fingerprint density at radius 2 is 2.00 bits per heavy atom. The molecule has 2 heteroatoms. The van der Waals surface area contributed by atoms with Gasteiger partial charge in [-0.05, 0) is 37.6 Å². The van der Waals surface area contributed by atoms with Crippen molar-refractivity contribution in [2.24, 2.45) is 11.8 Å². The van der Waals surface area contributed by atoms with Crippen LogP contribution in [-0.4, -0.2) is 25.8 Å². The first-order valence-corrected chi connectivity index (χ1v) is 6.06. The lowest BCUT2D eigenvalue weighted by Gasteiger charge is -2.31. The summed E-state index contributed by atoms with van der Waals surface area (Å²) < 4.78 is 5.84. The van der Waals surface area contributed by atoms with Gasteiger partial charge in [-0.25, -0.2) is 0 Å². The van der Waals surface area contributed by atoms with Crippen LogP contribution in [0.1, 0.15) is 40.0 Å². The third kappa shape index (κ3) is 3.97. The summed E-state index contributed by atoms with van der Waals surface area (Å²) in [5.41, 5.74) is 0. The van der Waals surface area contributed by atoms with Crippen molar-refractivity contribution in [3.63, 3.8) is 0 Å². The van der Waals surface area contributed by atoms with E-state index in [2.05, 4.69) is 26.1 Å². The fraction of sp³-hybridized carbons (Fsp3) is 1.00. The molecule has 0 aromatic carbocycles. The van der Waals surface area contributed by atoms with Gasteiger partial charge in [-0.1, -0.05) is 20.8 Å². The van der Waals surface area contributed by atoms with Gasteiger partial charge in [0.05, 0.1) is 12.7 Å². The van der Waals surface area contributed by atoms with E-state index in [0.29, 0.717) is 6.10 Å². The third-order valence-corrected chi connectivity index (χ3v) is 3.43. The van der Waals surface area contributed by atoms with Gasteiger partial charge < -0.3 is 10.1 Å². The van der Waals surface area contributed by atoms with Crippen molar-refractivity contribution in [1.82, 2.24) is 5.32 Å². The van der Waals surface area contributed by atoms with Crippen LogP contribution >= 0.6 is 0 Å². The highest BCUT2D eigenvalue weighted by Gasteiger charge is 2.24. The maximum absolute atomic E-state index is 5.84. The van der Waals surface area contributed by atoms with Crippen molar-refractivity contribution in [2.45, 2.75) is 46.1 Å². The van der Waals surface area contributed by atoms with E-state index in [9.17, 15) is 0 Å². The average molecular weight is 199 g/mol. The Morgan fingerprint density at radius 3 is 2.64 bits per heavy atom. The second kappa shape index (κ2) is 6.41. The van der Waals surface area contributed by atoms with Gasteiger partial charge in [0.25, 0.3) is 0 Å². The molecule has 84 valence electrons. The Kier molecular flexibility index (Phi) is 5.49. The molecule has 0 aromatic heterocycles. The minimum Gasteiger partial charge on any atom is -0.377 e. The first-order chi connectivity index (χ1) is 6.74. The van der Waals surface area contributed by atoms with Gasteiger partial charge in [0.15, 0.2) is 0 Å². The average Bonchev–Trinajstić information content (AvgIpc) is 2.18. The van der Waals surface area contributed by atoms with Crippen molar-refractivity contribution < 1.29 is 4.74 Å². The lowest BCUT2D eigenvalue weighted by molar-refractivity contribution is 0.00446. The first-order valence-electron chi connectivity index (χ1n) is 6.06. The lowest BCUT2D eigenvalue weighted by atomic mass is 9.80. The Morgan fingerprint density at radius 1 is 1.21 bits per heavy atom. The van der Waals surface area contributed by atoms with Crippen LogP contribution in [0.15, 0.2) is 0 Å². The second-order valence-corrected chi connectivity index (χ2v) is 4.61. The molecule has 14 heavy (non-hydrogen) atoms. The molecule has 0 aliphatic heterocycles. The lowest BCUT2D eigenvalue weighted by Crippen LogP contribution is -2.29. The van der Waals surface area contributed by atoms with Gasteiger partial charge in [0.2, 0.25) is 0 Å². The maximum Gasteiger partial charge on any atom is 0.0594 e. The molecule has 0 radical (unpaired) electrons. The molecule has 0 aromatic rings. The van der Waals surface area contributed by atoms with Crippen LogP contribution in [0.4, 0.5) is 0 Å². The van der Waals surface area contributed by atoms with Crippen molar-refractivity contribution >= 4 is 0 Å². The molecule has 0 heterocycles. The summed E-state index contributed by atoms with van der Waals surface area (Å²) in [4.78, 5) is 0. The molecule has 1 fully saturated rings. The quantitative estimate of drug-likeness (QED) is 0.687. The highest BCUT2D eigenvalue weighted by Crippen LogP contribution is 2.30. The monoisotopic (exact) mass is 199 g/mol. The minimum absolute atomic E-state index is 0.528. The van der Waals surface area contributed by atoms with Crippen LogP contribution in [0.3, 0.4) is 0 Å². The van der Waals surface area contributed by atoms with Crippen molar-refractivity contribution in [1.29, 1.82) is 0 Å². The van der Waals surface area contributed by atoms with Crippen LogP contribution < -0.4 is 5.32 Å². The summed E-state index contributed by atoms with van der Waals surface area (Å²) >= 11 is 0. The number of ether oxygens (including phenoxy) is 1. The van der Waals surface area contributed by atoms with Crippen LogP contribution in [0, 0.1) is 11.8 Å². The molecule has 0 spiro atoms. The standard InChI is InChI=1S/C12H25NO/c1-4-13-7-8-14-12-6-5-10(2)11(3)9-12/h10-13H,4-9H2,1-3H3. The predicted molar refractivity (Wildman–Crippen MR) is 60.5 cm³/mol. The molecule has 3 atom stereocenters. The van der Waals surface area contributed by atoms with Gasteiger partial charge in [-0.2, -0.15) is 0 Å². The van der Waals surface area contributed by atoms with Crippen LogP contribution in [0.25, 0.3) is 0 Å². The predicted octanol–water partition coefficient (Wildman–Crippen LogP) is 2.44. The fourth-order valence-electron chi connectivity index (χ4n) is 2.12. The van der Waals surface area contributed by atoms with Gasteiger partial charge in [0.1, 0.15) is 0 Å². The summed E-state index contributed by atoms with van der Waals surface area (Å²) in [5.74, 6) is 1.73. The molecule has 1 aliphatic rings. The molecule has 0 saturated heterocycles. The largest absolute Gasteiger partial charge is 0.377 e. The molecule has 0 bridgehead atoms. The molecule has 1 aliphatic carbocycles. The zero-order valence-corrected chi connectivity index (χ0v) is 9.88. The zero-order valence-electron chi connectivity index (χ0n) is 9.88. The van der Waals surface area contributed by atoms with Gasteiger partial charge in [-0.3, -0.25) is 0 Å². The molecule has 2 nitrogen and oxygen atoms in total. The number of likely N-dealkylation sites (N-methyl/N-ethyl adjacent to an activating group) is 1. The second-order valence-electron chi connectivity index (χ2n) is 4.61. The molecule has 1 saturated carbocycles. The zero-order chi connectivity index (χ0) is 10.4. The SMILES string of the molecule is CCNCCOC1CCC(C)C(C)C1. The fourth-order valence-corrected chi connectivity index (χ4v) is 2.12. The van der Waals surface area contributed by atoms with Crippen LogP contribution in [0.2, 0.25) is 0 Å². The van der Waals surface area contributed by atoms with Gasteiger partial charge in [-0.15, -0.1) is 0 Å². The van der Waals surface area contributed by atoms with E-state index in [4.69, 9.17) is 4.74 Å². The molecular weight excluding hydrogens is 174 g/mol. The summed E-state index contributed by atoms with van der Waals surface area (Å²) in [5, 5.41) is 3.28. The Labute approximate surface area is 88.4 Å². The molecule has 0 amide bonds. The summed E-state index contributed by atoms with van der Waals surface area (Å²) in [7, 11) is 0. The topological polar surface area (TPSA) is 21.3 Å². The highest BCUT2D eigenvalue weighted by molar-refractivity contribution is 4.75. The van der Waals surface area contributed by atoms with E-state index in [1.807, 2.05) is 0 Å². The molecule has 3 unspecified atom stereocenters. The molecule has 1 N–H and O–H groups in total. The Bertz CT molecular complexity index is 149. The van der Waals surface area contributed by atoms with Crippen molar-refractivity contribution in [3.05, 3.63) is 0 Å². The van der Waals surface area contributed by atoms with Crippen molar-refractivity contribution in [3.8, 4) is 0 Å². The Hall–Kier alpha value is -0.0800. The van der Waals surface area contributed by atoms with E-state index < -0.39 is 0 Å². The van der Waals surface area contributed by atoms with E-state index in [-0.39, 0.29) is 0 Å². The molecule has 1 rings (SSSR count). The maximum atomic E-state index is 5.84. The van der Waals surface area contributed by atoms with Gasteiger partial charge >= 0.3 is 0 Å². The summed E-state index contributed by atoms with van der Waals surface area (Å²) in [6, 6.07) is 0. The third-order valence-electron chi connectivity index (χ3n) is 3.43. The van der Waals surface area contributed by atoms with E-state index in [1.165, 1.54) is 19.3 Å². The summed E-state index contributed by atoms with van der Waals surface area (Å²) in [6.07, 6.45) is 4.39. The first kappa shape index (κ1) is 12.0. The number of hydrogen-bond donors (Lipinski definition) is 1. The smallest absolute Gasteiger partial charge is 0.0594 e. The van der Waals surface area contributed by atoms with E-state index in [1.54, 1.807) is 0 Å². The normalized spacial score (nSPS) is 33.2. The highest BCUT2D eigenvalue weighted by atomic mass is 16.5. The van der Waals surface area contributed by atoms with Crippen molar-refractivity contribution in [2.75, 3.05) is 19.7 Å². The molecular formula is C12H25NO. The Balaban J connectivity index is 2.07. The number of rotatable bonds is 5. The minimum atomic E-state index is 0.528. The van der Waals surface area contributed by atoms with Crippen LogP contribution in [0.5, 0.6) is 0 Å². The van der Waals surface area contributed by atoms with Crippen LogP contribution in [-0.2, 0) is 4.74 Å². The van der Waals surface area contributed by atoms with E-state index in [0.717, 1.165) is 31.5 Å². The van der Waals surface area contributed by atoms with E-state index >= 15 is 0 Å². The van der Waals surface area contributed by atoms with Gasteiger partial charge in [0, 0.05) is 6.54 Å². The summed E-state index contributed by atoms with van der Waals surface area (Å²) in [6.45, 7) is 9.76. The number of hydrogen-bond acceptors (Lipinski definition) is 2.